The second-order valence-corrected chi connectivity index (χ2v) is 5.64. The van der Waals surface area contributed by atoms with Crippen molar-refractivity contribution >= 4 is 22.6 Å². The number of aliphatic hydroxyl groups excluding tert-OH is 2. The van der Waals surface area contributed by atoms with Crippen molar-refractivity contribution in [1.82, 2.24) is 14.5 Å². The molecule has 1 saturated heterocycles. The molecule has 118 valence electrons. The zero-order chi connectivity index (χ0) is 16.2. The van der Waals surface area contributed by atoms with E-state index >= 15 is 0 Å². The first-order chi connectivity index (χ1) is 10.2. The highest BCUT2D eigenvalue weighted by atomic mass is 35.5. The van der Waals surface area contributed by atoms with Crippen LogP contribution in [0, 0.1) is 0 Å². The lowest BCUT2D eigenvalue weighted by Gasteiger charge is -2.26. The molecule has 3 rings (SSSR count). The molecule has 0 aliphatic carbocycles. The Morgan fingerprint density at radius 3 is 2.73 bits per heavy atom. The van der Waals surface area contributed by atoms with Crippen LogP contribution in [0.25, 0.3) is 11.0 Å². The topological polar surface area (TPSA) is 138 Å². The number of pyridine rings is 1. The van der Waals surface area contributed by atoms with Gasteiger partial charge in [0.15, 0.2) is 12.5 Å². The van der Waals surface area contributed by atoms with Crippen molar-refractivity contribution < 1.29 is 20.1 Å². The summed E-state index contributed by atoms with van der Waals surface area (Å²) in [6.07, 6.45) is -3.34. The summed E-state index contributed by atoms with van der Waals surface area (Å²) in [6.45, 7) is 1.22. The second-order valence-electron chi connectivity index (χ2n) is 5.23. The van der Waals surface area contributed by atoms with E-state index < -0.39 is 35.5 Å². The van der Waals surface area contributed by atoms with Crippen LogP contribution in [0.2, 0.25) is 5.02 Å². The Hall–Kier alpha value is -1.78. The molecular weight excluding hydrogens is 318 g/mol. The normalized spacial score (nSPS) is 31.8. The number of hydrogen-bond acceptors (Lipinski definition) is 7. The van der Waals surface area contributed by atoms with Crippen molar-refractivity contribution in [3.05, 3.63) is 38.1 Å². The number of ether oxygens (including phenoxy) is 1. The maximum atomic E-state index is 12.1. The molecule has 1 unspecified atom stereocenters. The van der Waals surface area contributed by atoms with Gasteiger partial charge in [0.05, 0.1) is 0 Å². The third-order valence-corrected chi connectivity index (χ3v) is 3.88. The summed E-state index contributed by atoms with van der Waals surface area (Å²) >= 11 is 5.72. The Morgan fingerprint density at radius 2 is 2.14 bits per heavy atom. The van der Waals surface area contributed by atoms with Gasteiger partial charge in [0.2, 0.25) is 0 Å². The van der Waals surface area contributed by atoms with Crippen LogP contribution in [-0.4, -0.2) is 47.8 Å². The summed E-state index contributed by atoms with van der Waals surface area (Å²) in [7, 11) is 0. The minimum atomic E-state index is -1.91. The average molecular weight is 330 g/mol. The molecule has 0 spiro atoms. The SMILES string of the molecule is C[C@@]1(O)[C@H](O)C(O)O[C@H]1n1cc2cc(Cl)c(=O)[nH]c2nc1=O. The molecule has 22 heavy (non-hydrogen) atoms. The van der Waals surface area contributed by atoms with E-state index in [9.17, 15) is 24.9 Å². The van der Waals surface area contributed by atoms with Gasteiger partial charge >= 0.3 is 5.69 Å². The summed E-state index contributed by atoms with van der Waals surface area (Å²) in [5, 5.41) is 29.7. The summed E-state index contributed by atoms with van der Waals surface area (Å²) in [5.41, 5.74) is -3.31. The molecule has 2 aromatic rings. The lowest BCUT2D eigenvalue weighted by molar-refractivity contribution is -0.143. The Labute approximate surface area is 127 Å². The molecule has 0 radical (unpaired) electrons. The minimum absolute atomic E-state index is 0.0226. The van der Waals surface area contributed by atoms with Crippen molar-refractivity contribution in [2.24, 2.45) is 0 Å². The summed E-state index contributed by atoms with van der Waals surface area (Å²) in [5.74, 6) is 0. The quantitative estimate of drug-likeness (QED) is 0.510. The molecule has 1 aliphatic rings. The van der Waals surface area contributed by atoms with Gasteiger partial charge in [-0.25, -0.2) is 4.79 Å². The smallest absolute Gasteiger partial charge is 0.351 e. The standard InChI is InChI=1S/C12H12ClN3O6/c1-12(21)6(17)9(19)22-10(12)16-3-4-2-5(13)8(18)14-7(4)15-11(16)20/h2-3,6,9-10,17,19,21H,1H3,(H,14,15,18,20)/t6-,9?,10-,12-/m1/s1. The van der Waals surface area contributed by atoms with E-state index in [2.05, 4.69) is 9.97 Å². The fourth-order valence-corrected chi connectivity index (χ4v) is 2.52. The molecule has 0 saturated carbocycles. The molecule has 10 heteroatoms. The lowest BCUT2D eigenvalue weighted by Crippen LogP contribution is -2.45. The minimum Gasteiger partial charge on any atom is -0.385 e. The fraction of sp³-hybridized carbons (Fsp3) is 0.417. The van der Waals surface area contributed by atoms with Crippen molar-refractivity contribution in [1.29, 1.82) is 0 Å². The summed E-state index contributed by atoms with van der Waals surface area (Å²) < 4.78 is 5.95. The lowest BCUT2D eigenvalue weighted by atomic mass is 9.99. The van der Waals surface area contributed by atoms with E-state index in [0.29, 0.717) is 5.39 Å². The number of rotatable bonds is 1. The van der Waals surface area contributed by atoms with E-state index in [-0.39, 0.29) is 10.7 Å². The first-order valence-electron chi connectivity index (χ1n) is 6.27. The van der Waals surface area contributed by atoms with E-state index in [0.717, 1.165) is 4.57 Å². The Morgan fingerprint density at radius 1 is 1.45 bits per heavy atom. The van der Waals surface area contributed by atoms with Crippen LogP contribution in [0.3, 0.4) is 0 Å². The number of aromatic amines is 1. The van der Waals surface area contributed by atoms with Gasteiger partial charge in [-0.05, 0) is 13.0 Å². The molecule has 9 nitrogen and oxygen atoms in total. The third-order valence-electron chi connectivity index (χ3n) is 3.60. The van der Waals surface area contributed by atoms with Crippen LogP contribution < -0.4 is 11.2 Å². The van der Waals surface area contributed by atoms with Crippen molar-refractivity contribution in [3.8, 4) is 0 Å². The summed E-state index contributed by atoms with van der Waals surface area (Å²) in [4.78, 5) is 29.5. The van der Waals surface area contributed by atoms with Gasteiger partial charge in [-0.15, -0.1) is 0 Å². The largest absolute Gasteiger partial charge is 0.385 e. The van der Waals surface area contributed by atoms with E-state index in [4.69, 9.17) is 16.3 Å². The van der Waals surface area contributed by atoms with Crippen molar-refractivity contribution in [2.75, 3.05) is 0 Å². The highest BCUT2D eigenvalue weighted by Gasteiger charge is 2.53. The number of nitrogens with zero attached hydrogens (tertiary/aromatic N) is 2. The van der Waals surface area contributed by atoms with Gasteiger partial charge in [-0.1, -0.05) is 11.6 Å². The third kappa shape index (κ3) is 2.14. The Kier molecular flexibility index (Phi) is 3.34. The maximum Gasteiger partial charge on any atom is 0.351 e. The zero-order valence-electron chi connectivity index (χ0n) is 11.2. The van der Waals surface area contributed by atoms with Crippen molar-refractivity contribution in [3.63, 3.8) is 0 Å². The molecule has 3 heterocycles. The van der Waals surface area contributed by atoms with Gasteiger partial charge in [0, 0.05) is 11.6 Å². The monoisotopic (exact) mass is 329 g/mol. The van der Waals surface area contributed by atoms with E-state index in [1.54, 1.807) is 0 Å². The van der Waals surface area contributed by atoms with Crippen LogP contribution in [0.1, 0.15) is 13.2 Å². The highest BCUT2D eigenvalue weighted by Crippen LogP contribution is 2.36. The van der Waals surface area contributed by atoms with Crippen LogP contribution in [0.15, 0.2) is 21.9 Å². The van der Waals surface area contributed by atoms with Gasteiger partial charge in [-0.3, -0.25) is 9.36 Å². The molecule has 4 atom stereocenters. The number of aliphatic hydroxyl groups is 3. The number of H-pyrrole nitrogens is 1. The summed E-state index contributed by atoms with van der Waals surface area (Å²) in [6, 6.07) is 1.30. The van der Waals surface area contributed by atoms with E-state index in [1.807, 2.05) is 0 Å². The van der Waals surface area contributed by atoms with Crippen LogP contribution in [-0.2, 0) is 4.74 Å². The second kappa shape index (κ2) is 4.86. The molecule has 0 amide bonds. The number of aromatic nitrogens is 3. The van der Waals surface area contributed by atoms with Crippen LogP contribution in [0.4, 0.5) is 0 Å². The number of fused-ring (bicyclic) bond motifs is 1. The molecule has 1 aliphatic heterocycles. The number of hydrogen-bond donors (Lipinski definition) is 4. The Bertz CT molecular complexity index is 860. The van der Waals surface area contributed by atoms with Crippen molar-refractivity contribution in [2.45, 2.75) is 31.1 Å². The number of halogens is 1. The predicted octanol–water partition coefficient (Wildman–Crippen LogP) is -1.30. The fourth-order valence-electron chi connectivity index (χ4n) is 2.35. The van der Waals surface area contributed by atoms with Crippen LogP contribution >= 0.6 is 11.6 Å². The molecule has 2 aromatic heterocycles. The first kappa shape index (κ1) is 15.1. The Balaban J connectivity index is 2.20. The molecule has 0 aromatic carbocycles. The van der Waals surface area contributed by atoms with E-state index in [1.165, 1.54) is 19.2 Å². The maximum absolute atomic E-state index is 12.1. The van der Waals surface area contributed by atoms with Gasteiger partial charge in [0.1, 0.15) is 22.4 Å². The van der Waals surface area contributed by atoms with Gasteiger partial charge < -0.3 is 25.0 Å². The predicted molar refractivity (Wildman–Crippen MR) is 74.4 cm³/mol. The van der Waals surface area contributed by atoms with Gasteiger partial charge in [-0.2, -0.15) is 4.98 Å². The molecule has 1 fully saturated rings. The highest BCUT2D eigenvalue weighted by molar-refractivity contribution is 6.30. The zero-order valence-corrected chi connectivity index (χ0v) is 12.0. The number of nitrogens with one attached hydrogen (secondary N) is 1. The van der Waals surface area contributed by atoms with Crippen LogP contribution in [0.5, 0.6) is 0 Å². The first-order valence-corrected chi connectivity index (χ1v) is 6.65. The molecule has 4 N–H and O–H groups in total. The average Bonchev–Trinajstić information content (AvgIpc) is 2.64. The molecular formula is C12H12ClN3O6. The molecule has 0 bridgehead atoms. The van der Waals surface area contributed by atoms with Gasteiger partial charge in [0.25, 0.3) is 5.56 Å².